The van der Waals surface area contributed by atoms with Crippen LogP contribution in [0.5, 0.6) is 0 Å². The van der Waals surface area contributed by atoms with Crippen LogP contribution in [0.15, 0.2) is 47.2 Å². The lowest BCUT2D eigenvalue weighted by atomic mass is 9.97. The Labute approximate surface area is 183 Å². The summed E-state index contributed by atoms with van der Waals surface area (Å²) in [4.78, 5) is 32.3. The lowest BCUT2D eigenvalue weighted by Gasteiger charge is -2.31. The van der Waals surface area contributed by atoms with E-state index in [-0.39, 0.29) is 17.7 Å². The molecule has 0 radical (unpaired) electrons. The van der Waals surface area contributed by atoms with Gasteiger partial charge in [-0.3, -0.25) is 9.59 Å². The molecule has 2 amide bonds. The Balaban J connectivity index is 1.35. The minimum atomic E-state index is -0.263. The molecule has 0 spiro atoms. The van der Waals surface area contributed by atoms with Gasteiger partial charge >= 0.3 is 0 Å². The Kier molecular flexibility index (Phi) is 6.20. The number of benzene rings is 1. The molecular weight excluding hydrogens is 422 g/mol. The number of nitrogens with zero attached hydrogens (tertiary/aromatic N) is 2. The maximum Gasteiger partial charge on any atom is 0.289 e. The quantitative estimate of drug-likeness (QED) is 0.615. The smallest absolute Gasteiger partial charge is 0.289 e. The third-order valence-electron chi connectivity index (χ3n) is 5.21. The Morgan fingerprint density at radius 2 is 2.23 bits per heavy atom. The number of furan rings is 1. The lowest BCUT2D eigenvalue weighted by molar-refractivity contribution is -0.121. The van der Waals surface area contributed by atoms with Gasteiger partial charge in [-0.05, 0) is 49.1 Å². The van der Waals surface area contributed by atoms with E-state index < -0.39 is 0 Å². The van der Waals surface area contributed by atoms with E-state index in [9.17, 15) is 9.59 Å². The summed E-state index contributed by atoms with van der Waals surface area (Å²) in [5.41, 5.74) is 2.15. The minimum Gasteiger partial charge on any atom is -0.459 e. The number of carbonyl (C=O) groups is 2. The highest BCUT2D eigenvalue weighted by molar-refractivity contribution is 7.15. The van der Waals surface area contributed by atoms with Crippen molar-refractivity contribution in [1.82, 2.24) is 9.88 Å². The van der Waals surface area contributed by atoms with Crippen molar-refractivity contribution in [2.45, 2.75) is 26.2 Å². The van der Waals surface area contributed by atoms with Gasteiger partial charge in [0, 0.05) is 35.6 Å². The maximum atomic E-state index is 12.7. The van der Waals surface area contributed by atoms with E-state index in [0.29, 0.717) is 30.4 Å². The van der Waals surface area contributed by atoms with Gasteiger partial charge < -0.3 is 14.6 Å². The van der Waals surface area contributed by atoms with Crippen molar-refractivity contribution in [3.05, 3.63) is 69.6 Å². The van der Waals surface area contributed by atoms with E-state index in [2.05, 4.69) is 10.3 Å². The van der Waals surface area contributed by atoms with Crippen molar-refractivity contribution >= 4 is 39.9 Å². The first kappa shape index (κ1) is 20.6. The van der Waals surface area contributed by atoms with Crippen molar-refractivity contribution < 1.29 is 14.0 Å². The highest BCUT2D eigenvalue weighted by Gasteiger charge is 2.30. The number of halogens is 1. The fourth-order valence-electron chi connectivity index (χ4n) is 3.53. The molecule has 1 saturated heterocycles. The molecule has 1 fully saturated rings. The second kappa shape index (κ2) is 9.02. The number of nitrogens with one attached hydrogen (secondary N) is 1. The molecule has 1 N–H and O–H groups in total. The van der Waals surface area contributed by atoms with Crippen molar-refractivity contribution in [3.63, 3.8) is 0 Å². The Morgan fingerprint density at radius 3 is 3.00 bits per heavy atom. The third kappa shape index (κ3) is 4.74. The normalized spacial score (nSPS) is 16.5. The summed E-state index contributed by atoms with van der Waals surface area (Å²) in [6.45, 7) is 2.98. The van der Waals surface area contributed by atoms with Crippen molar-refractivity contribution in [3.8, 4) is 0 Å². The van der Waals surface area contributed by atoms with E-state index in [1.54, 1.807) is 23.2 Å². The van der Waals surface area contributed by atoms with Crippen LogP contribution in [0.25, 0.3) is 0 Å². The Bertz CT molecular complexity index is 1050. The molecule has 0 bridgehead atoms. The summed E-state index contributed by atoms with van der Waals surface area (Å²) in [6, 6.07) is 9.34. The van der Waals surface area contributed by atoms with Crippen molar-refractivity contribution in [1.29, 1.82) is 0 Å². The van der Waals surface area contributed by atoms with Crippen LogP contribution in [0.1, 0.15) is 39.4 Å². The zero-order valence-corrected chi connectivity index (χ0v) is 18.1. The molecule has 0 saturated carbocycles. The Hall–Kier alpha value is -2.64. The number of aromatic nitrogens is 1. The van der Waals surface area contributed by atoms with Gasteiger partial charge in [0.2, 0.25) is 5.91 Å². The molecule has 4 rings (SSSR count). The number of amides is 2. The molecule has 1 aliphatic rings. The molecule has 8 heteroatoms. The van der Waals surface area contributed by atoms with E-state index in [0.717, 1.165) is 33.9 Å². The molecule has 1 atom stereocenters. The van der Waals surface area contributed by atoms with Gasteiger partial charge in [0.25, 0.3) is 5.91 Å². The lowest BCUT2D eigenvalue weighted by Crippen LogP contribution is -2.43. The molecule has 0 aliphatic carbocycles. The fourth-order valence-corrected chi connectivity index (χ4v) is 4.59. The number of thiazole rings is 1. The maximum absolute atomic E-state index is 12.7. The van der Waals surface area contributed by atoms with E-state index >= 15 is 0 Å². The van der Waals surface area contributed by atoms with Gasteiger partial charge in [-0.15, -0.1) is 11.3 Å². The van der Waals surface area contributed by atoms with Crippen LogP contribution >= 0.6 is 22.9 Å². The largest absolute Gasteiger partial charge is 0.459 e. The number of carbonyl (C=O) groups excluding carboxylic acids is 2. The van der Waals surface area contributed by atoms with Crippen LogP contribution in [-0.4, -0.2) is 34.8 Å². The summed E-state index contributed by atoms with van der Waals surface area (Å²) >= 11 is 7.66. The first-order valence-electron chi connectivity index (χ1n) is 9.83. The highest BCUT2D eigenvalue weighted by atomic mass is 35.5. The van der Waals surface area contributed by atoms with Gasteiger partial charge in [-0.2, -0.15) is 0 Å². The Morgan fingerprint density at radius 1 is 1.37 bits per heavy atom. The number of likely N-dealkylation sites (tertiary alicyclic amines) is 1. The molecule has 156 valence electrons. The van der Waals surface area contributed by atoms with Gasteiger partial charge in [0.1, 0.15) is 0 Å². The first-order chi connectivity index (χ1) is 14.5. The first-order valence-corrected chi connectivity index (χ1v) is 11.0. The summed E-state index contributed by atoms with van der Waals surface area (Å²) < 4.78 is 5.20. The molecule has 2 aromatic heterocycles. The zero-order chi connectivity index (χ0) is 21.1. The van der Waals surface area contributed by atoms with Gasteiger partial charge in [0.15, 0.2) is 10.9 Å². The van der Waals surface area contributed by atoms with Gasteiger partial charge in [-0.1, -0.05) is 23.7 Å². The molecule has 0 unspecified atom stereocenters. The number of anilines is 1. The van der Waals surface area contributed by atoms with E-state index in [1.165, 1.54) is 17.6 Å². The SMILES string of the molecule is Cc1ccc(Cc2cnc(NC(=O)[C@H]3CCCN(C(=O)c4ccco4)C3)s2)cc1Cl. The van der Waals surface area contributed by atoms with Crippen LogP contribution in [-0.2, 0) is 11.2 Å². The molecule has 6 nitrogen and oxygen atoms in total. The zero-order valence-electron chi connectivity index (χ0n) is 16.6. The van der Waals surface area contributed by atoms with Crippen LogP contribution < -0.4 is 5.32 Å². The minimum absolute atomic E-state index is 0.105. The van der Waals surface area contributed by atoms with E-state index in [1.807, 2.05) is 25.1 Å². The summed E-state index contributed by atoms with van der Waals surface area (Å²) in [5, 5.41) is 4.23. The third-order valence-corrected chi connectivity index (χ3v) is 6.53. The number of hydrogen-bond acceptors (Lipinski definition) is 5. The average molecular weight is 444 g/mol. The number of piperidine rings is 1. The van der Waals surface area contributed by atoms with E-state index in [4.69, 9.17) is 16.0 Å². The summed E-state index contributed by atoms with van der Waals surface area (Å²) in [6.07, 6.45) is 5.49. The molecule has 3 heterocycles. The van der Waals surface area contributed by atoms with Crippen LogP contribution in [0, 0.1) is 12.8 Å². The molecule has 3 aromatic rings. The number of rotatable bonds is 5. The van der Waals surface area contributed by atoms with Crippen molar-refractivity contribution in [2.75, 3.05) is 18.4 Å². The second-order valence-electron chi connectivity index (χ2n) is 7.45. The van der Waals surface area contributed by atoms with Gasteiger partial charge in [-0.25, -0.2) is 4.98 Å². The standard InChI is InChI=1S/C22H22ClN3O3S/c1-14-6-7-15(11-18(14)23)10-17-12-24-22(30-17)25-20(27)16-4-2-8-26(13-16)21(28)19-5-3-9-29-19/h3,5-7,9,11-12,16H,2,4,8,10,13H2,1H3,(H,24,25,27)/t16-/m0/s1. The number of hydrogen-bond donors (Lipinski definition) is 1. The highest BCUT2D eigenvalue weighted by Crippen LogP contribution is 2.26. The van der Waals surface area contributed by atoms with Gasteiger partial charge in [0.05, 0.1) is 12.2 Å². The monoisotopic (exact) mass is 443 g/mol. The van der Waals surface area contributed by atoms with Crippen LogP contribution in [0.4, 0.5) is 5.13 Å². The predicted octanol–water partition coefficient (Wildman–Crippen LogP) is 4.78. The van der Waals surface area contributed by atoms with Crippen LogP contribution in [0.3, 0.4) is 0 Å². The average Bonchev–Trinajstić information content (AvgIpc) is 3.43. The number of aryl methyl sites for hydroxylation is 1. The fraction of sp³-hybridized carbons (Fsp3) is 0.318. The topological polar surface area (TPSA) is 75.4 Å². The predicted molar refractivity (Wildman–Crippen MR) is 117 cm³/mol. The molecular formula is C22H22ClN3O3S. The van der Waals surface area contributed by atoms with Crippen molar-refractivity contribution in [2.24, 2.45) is 5.92 Å². The summed E-state index contributed by atoms with van der Waals surface area (Å²) in [7, 11) is 0. The summed E-state index contributed by atoms with van der Waals surface area (Å²) in [5.74, 6) is -0.241. The second-order valence-corrected chi connectivity index (χ2v) is 8.97. The molecule has 30 heavy (non-hydrogen) atoms. The molecule has 1 aromatic carbocycles. The molecule has 1 aliphatic heterocycles. The van der Waals surface area contributed by atoms with Crippen LogP contribution in [0.2, 0.25) is 5.02 Å².